The number of rotatable bonds is 4. The van der Waals surface area contributed by atoms with E-state index in [-0.39, 0.29) is 23.0 Å². The molecule has 29 heavy (non-hydrogen) atoms. The summed E-state index contributed by atoms with van der Waals surface area (Å²) in [4.78, 5) is 15.2. The summed E-state index contributed by atoms with van der Waals surface area (Å²) in [7, 11) is 0. The highest BCUT2D eigenvalue weighted by Crippen LogP contribution is 2.36. The average Bonchev–Trinajstić information content (AvgIpc) is 3.04. The summed E-state index contributed by atoms with van der Waals surface area (Å²) in [6.45, 7) is -0.433. The second-order valence-corrected chi connectivity index (χ2v) is 6.15. The zero-order valence-electron chi connectivity index (χ0n) is 14.4. The maximum absolute atomic E-state index is 13.1. The normalized spacial score (nSPS) is 12.2. The molecule has 0 spiro atoms. The first kappa shape index (κ1) is 20.4. The van der Waals surface area contributed by atoms with Gasteiger partial charge in [-0.15, -0.1) is 0 Å². The molecular formula is C19H12F6N2O2. The number of aromatic carboxylic acids is 1. The molecule has 1 heterocycles. The lowest BCUT2D eigenvalue weighted by Crippen LogP contribution is -2.13. The fourth-order valence-corrected chi connectivity index (χ4v) is 2.86. The lowest BCUT2D eigenvalue weighted by Gasteiger charge is -2.15. The second-order valence-electron chi connectivity index (χ2n) is 6.15. The molecule has 0 saturated carbocycles. The van der Waals surface area contributed by atoms with Gasteiger partial charge in [0.2, 0.25) is 0 Å². The van der Waals surface area contributed by atoms with E-state index < -0.39 is 36.0 Å². The van der Waals surface area contributed by atoms with Gasteiger partial charge in [0.05, 0.1) is 23.1 Å². The number of carboxylic acid groups (broad SMARTS) is 1. The van der Waals surface area contributed by atoms with Crippen LogP contribution in [0, 0.1) is 0 Å². The van der Waals surface area contributed by atoms with Crippen molar-refractivity contribution in [3.05, 3.63) is 77.2 Å². The molecule has 0 aliphatic carbocycles. The summed E-state index contributed by atoms with van der Waals surface area (Å²) in [5.74, 6) is -1.37. The lowest BCUT2D eigenvalue weighted by atomic mass is 10.0. The van der Waals surface area contributed by atoms with Crippen LogP contribution in [-0.2, 0) is 18.9 Å². The van der Waals surface area contributed by atoms with Crippen LogP contribution in [0.5, 0.6) is 0 Å². The average molecular weight is 414 g/mol. The van der Waals surface area contributed by atoms with Crippen LogP contribution in [0.1, 0.15) is 27.2 Å². The minimum Gasteiger partial charge on any atom is -0.476 e. The summed E-state index contributed by atoms with van der Waals surface area (Å²) in [5.41, 5.74) is -3.06. The summed E-state index contributed by atoms with van der Waals surface area (Å²) in [6.07, 6.45) is -8.88. The largest absolute Gasteiger partial charge is 0.476 e. The van der Waals surface area contributed by atoms with Gasteiger partial charge >= 0.3 is 18.3 Å². The molecule has 152 valence electrons. The van der Waals surface area contributed by atoms with Gasteiger partial charge in [0.25, 0.3) is 0 Å². The topological polar surface area (TPSA) is 55.1 Å². The minimum atomic E-state index is -4.97. The molecule has 10 heteroatoms. The molecule has 0 bridgehead atoms. The van der Waals surface area contributed by atoms with Crippen molar-refractivity contribution < 1.29 is 36.2 Å². The Bertz CT molecular complexity index is 1010. The molecule has 4 nitrogen and oxygen atoms in total. The van der Waals surface area contributed by atoms with E-state index in [1.165, 1.54) is 4.57 Å². The van der Waals surface area contributed by atoms with Crippen LogP contribution in [0.4, 0.5) is 26.3 Å². The Morgan fingerprint density at radius 2 is 1.48 bits per heavy atom. The molecule has 3 rings (SSSR count). The number of carbonyl (C=O) groups is 1. The number of hydrogen-bond acceptors (Lipinski definition) is 2. The van der Waals surface area contributed by atoms with Crippen LogP contribution in [0.25, 0.3) is 11.3 Å². The molecule has 0 aliphatic rings. The SMILES string of the molecule is O=C(O)c1ncn(Cc2cc(C(F)(F)F)cc(C(F)(F)F)c2)c1-c1ccccc1. The van der Waals surface area contributed by atoms with Gasteiger partial charge in [-0.3, -0.25) is 0 Å². The van der Waals surface area contributed by atoms with Gasteiger partial charge in [0.15, 0.2) is 5.69 Å². The predicted octanol–water partition coefficient (Wildman–Crippen LogP) is 5.33. The third kappa shape index (κ3) is 4.41. The zero-order chi connectivity index (χ0) is 21.4. The van der Waals surface area contributed by atoms with Crippen LogP contribution in [0.2, 0.25) is 0 Å². The third-order valence-electron chi connectivity index (χ3n) is 4.09. The Hall–Kier alpha value is -3.30. The van der Waals surface area contributed by atoms with Gasteiger partial charge < -0.3 is 9.67 Å². The summed E-state index contributed by atoms with van der Waals surface area (Å²) >= 11 is 0. The van der Waals surface area contributed by atoms with Crippen LogP contribution in [0.15, 0.2) is 54.9 Å². The third-order valence-corrected chi connectivity index (χ3v) is 4.09. The van der Waals surface area contributed by atoms with E-state index in [0.29, 0.717) is 17.7 Å². The van der Waals surface area contributed by atoms with Gasteiger partial charge in [0, 0.05) is 12.1 Å². The molecule has 0 fully saturated rings. The quantitative estimate of drug-likeness (QED) is 0.587. The number of nitrogens with zero attached hydrogens (tertiary/aromatic N) is 2. The number of benzene rings is 2. The van der Waals surface area contributed by atoms with Crippen LogP contribution < -0.4 is 0 Å². The Balaban J connectivity index is 2.12. The molecule has 1 aromatic heterocycles. The van der Waals surface area contributed by atoms with Gasteiger partial charge in [-0.2, -0.15) is 26.3 Å². The maximum atomic E-state index is 13.1. The maximum Gasteiger partial charge on any atom is 0.416 e. The van der Waals surface area contributed by atoms with Crippen molar-refractivity contribution in [2.75, 3.05) is 0 Å². The molecule has 2 aromatic carbocycles. The molecule has 0 aliphatic heterocycles. The second kappa shape index (κ2) is 7.26. The summed E-state index contributed by atoms with van der Waals surface area (Å²) < 4.78 is 79.6. The minimum absolute atomic E-state index is 0.0399. The highest BCUT2D eigenvalue weighted by atomic mass is 19.4. The smallest absolute Gasteiger partial charge is 0.416 e. The van der Waals surface area contributed by atoms with Crippen molar-refractivity contribution in [1.29, 1.82) is 0 Å². The van der Waals surface area contributed by atoms with Gasteiger partial charge in [0.1, 0.15) is 0 Å². The van der Waals surface area contributed by atoms with Crippen molar-refractivity contribution in [2.45, 2.75) is 18.9 Å². The number of alkyl halides is 6. The molecule has 0 saturated heterocycles. The van der Waals surface area contributed by atoms with Crippen LogP contribution in [0.3, 0.4) is 0 Å². The van der Waals surface area contributed by atoms with E-state index in [9.17, 15) is 36.2 Å². The Kier molecular flexibility index (Phi) is 5.12. The highest BCUT2D eigenvalue weighted by Gasteiger charge is 2.37. The molecule has 0 radical (unpaired) electrons. The fraction of sp³-hybridized carbons (Fsp3) is 0.158. The van der Waals surface area contributed by atoms with E-state index >= 15 is 0 Å². The predicted molar refractivity (Wildman–Crippen MR) is 90.2 cm³/mol. The van der Waals surface area contributed by atoms with Crippen molar-refractivity contribution in [3.63, 3.8) is 0 Å². The van der Waals surface area contributed by atoms with Crippen molar-refractivity contribution in [3.8, 4) is 11.3 Å². The first-order chi connectivity index (χ1) is 13.5. The Morgan fingerprint density at radius 1 is 0.931 bits per heavy atom. The van der Waals surface area contributed by atoms with E-state index in [2.05, 4.69) is 4.98 Å². The molecule has 3 aromatic rings. The number of carboxylic acids is 1. The van der Waals surface area contributed by atoms with Crippen LogP contribution in [-0.4, -0.2) is 20.6 Å². The zero-order valence-corrected chi connectivity index (χ0v) is 14.4. The number of imidazole rings is 1. The summed E-state index contributed by atoms with van der Waals surface area (Å²) in [6, 6.07) is 9.27. The van der Waals surface area contributed by atoms with Crippen molar-refractivity contribution in [2.24, 2.45) is 0 Å². The Labute approximate surface area is 160 Å². The van der Waals surface area contributed by atoms with Gasteiger partial charge in [-0.05, 0) is 23.8 Å². The number of hydrogen-bond donors (Lipinski definition) is 1. The van der Waals surface area contributed by atoms with Gasteiger partial charge in [-0.25, -0.2) is 9.78 Å². The van der Waals surface area contributed by atoms with Crippen molar-refractivity contribution >= 4 is 5.97 Å². The molecule has 0 amide bonds. The fourth-order valence-electron chi connectivity index (χ4n) is 2.86. The summed E-state index contributed by atoms with van der Waals surface area (Å²) in [5, 5.41) is 9.33. The first-order valence-corrected chi connectivity index (χ1v) is 8.09. The lowest BCUT2D eigenvalue weighted by molar-refractivity contribution is -0.143. The number of halogens is 6. The molecular weight excluding hydrogens is 402 g/mol. The molecule has 0 unspecified atom stereocenters. The molecule has 0 atom stereocenters. The van der Waals surface area contributed by atoms with Crippen LogP contribution >= 0.6 is 0 Å². The van der Waals surface area contributed by atoms with E-state index in [4.69, 9.17) is 0 Å². The number of aromatic nitrogens is 2. The Morgan fingerprint density at radius 3 is 1.97 bits per heavy atom. The van der Waals surface area contributed by atoms with Crippen molar-refractivity contribution in [1.82, 2.24) is 9.55 Å². The van der Waals surface area contributed by atoms with E-state index in [1.54, 1.807) is 30.3 Å². The standard InChI is InChI=1S/C19H12F6N2O2/c20-18(21,22)13-6-11(7-14(8-13)19(23,24)25)9-27-10-26-15(17(28)29)16(27)12-4-2-1-3-5-12/h1-8,10H,9H2,(H,28,29). The van der Waals surface area contributed by atoms with E-state index in [1.807, 2.05) is 0 Å². The first-order valence-electron chi connectivity index (χ1n) is 8.09. The van der Waals surface area contributed by atoms with E-state index in [0.717, 1.165) is 6.33 Å². The highest BCUT2D eigenvalue weighted by molar-refractivity contribution is 5.93. The molecule has 1 N–H and O–H groups in total. The monoisotopic (exact) mass is 414 g/mol. The van der Waals surface area contributed by atoms with Gasteiger partial charge in [-0.1, -0.05) is 30.3 Å².